The van der Waals surface area contributed by atoms with Gasteiger partial charge in [0.1, 0.15) is 6.54 Å². The third-order valence-electron chi connectivity index (χ3n) is 5.09. The lowest BCUT2D eigenvalue weighted by Gasteiger charge is -2.25. The highest BCUT2D eigenvalue weighted by Gasteiger charge is 2.32. The lowest BCUT2D eigenvalue weighted by atomic mass is 10.2. The van der Waals surface area contributed by atoms with E-state index in [1.807, 2.05) is 0 Å². The summed E-state index contributed by atoms with van der Waals surface area (Å²) in [6.45, 7) is 1.74. The number of alkyl halides is 3. The Morgan fingerprint density at radius 3 is 2.57 bits per heavy atom. The van der Waals surface area contributed by atoms with Crippen molar-refractivity contribution < 1.29 is 27.5 Å². The molecule has 1 saturated carbocycles. The van der Waals surface area contributed by atoms with E-state index >= 15 is 0 Å². The Morgan fingerprint density at radius 1 is 1.17 bits per heavy atom. The van der Waals surface area contributed by atoms with Crippen LogP contribution in [0.15, 0.2) is 30.3 Å². The summed E-state index contributed by atoms with van der Waals surface area (Å²) in [6, 6.07) is 6.17. The van der Waals surface area contributed by atoms with Crippen molar-refractivity contribution in [2.24, 2.45) is 0 Å². The molecule has 0 unspecified atom stereocenters. The van der Waals surface area contributed by atoms with Gasteiger partial charge in [-0.25, -0.2) is 0 Å². The monoisotopic (exact) mass is 422 g/mol. The summed E-state index contributed by atoms with van der Waals surface area (Å²) in [5.74, 6) is -0.480. The molecule has 1 N–H and O–H groups in total. The first kappa shape index (κ1) is 20.4. The highest BCUT2D eigenvalue weighted by atomic mass is 19.4. The van der Waals surface area contributed by atoms with E-state index < -0.39 is 17.6 Å². The third-order valence-corrected chi connectivity index (χ3v) is 5.09. The molecule has 4 rings (SSSR count). The molecule has 2 amide bonds. The van der Waals surface area contributed by atoms with Crippen molar-refractivity contribution in [3.8, 4) is 0 Å². The Balaban J connectivity index is 1.48. The maximum Gasteiger partial charge on any atom is 0.416 e. The number of morpholine rings is 1. The van der Waals surface area contributed by atoms with Crippen molar-refractivity contribution in [1.82, 2.24) is 14.7 Å². The highest BCUT2D eigenvalue weighted by Crippen LogP contribution is 2.40. The number of anilines is 1. The summed E-state index contributed by atoms with van der Waals surface area (Å²) in [5, 5.41) is 6.81. The molecule has 2 aliphatic rings. The standard InChI is InChI=1S/C20H21F3N4O3/c21-20(22,23)14-2-1-3-15(10-14)24-18(28)12-27-17(13-4-5-13)11-16(25-27)19(29)26-6-8-30-9-7-26/h1-3,10-11,13H,4-9,12H2,(H,24,28). The minimum atomic E-state index is -4.49. The first-order valence-corrected chi connectivity index (χ1v) is 9.73. The molecule has 2 aromatic rings. The predicted molar refractivity (Wildman–Crippen MR) is 101 cm³/mol. The number of amides is 2. The predicted octanol–water partition coefficient (Wildman–Crippen LogP) is 2.89. The minimum Gasteiger partial charge on any atom is -0.378 e. The van der Waals surface area contributed by atoms with Crippen molar-refractivity contribution in [3.05, 3.63) is 47.3 Å². The van der Waals surface area contributed by atoms with Gasteiger partial charge in [-0.2, -0.15) is 18.3 Å². The van der Waals surface area contributed by atoms with Crippen LogP contribution >= 0.6 is 0 Å². The quantitative estimate of drug-likeness (QED) is 0.804. The summed E-state index contributed by atoms with van der Waals surface area (Å²) >= 11 is 0. The van der Waals surface area contributed by atoms with Gasteiger partial charge < -0.3 is 15.0 Å². The van der Waals surface area contributed by atoms with Gasteiger partial charge in [-0.05, 0) is 37.1 Å². The van der Waals surface area contributed by atoms with Crippen LogP contribution in [0.25, 0.3) is 0 Å². The molecule has 10 heteroatoms. The van der Waals surface area contributed by atoms with Crippen LogP contribution in [0.2, 0.25) is 0 Å². The molecule has 2 fully saturated rings. The summed E-state index contributed by atoms with van der Waals surface area (Å²) in [7, 11) is 0. The normalized spacial score (nSPS) is 17.1. The van der Waals surface area contributed by atoms with Gasteiger partial charge in [0.2, 0.25) is 5.91 Å². The van der Waals surface area contributed by atoms with Gasteiger partial charge in [0, 0.05) is 30.4 Å². The molecular formula is C20H21F3N4O3. The van der Waals surface area contributed by atoms with Crippen molar-refractivity contribution in [3.63, 3.8) is 0 Å². The number of nitrogens with zero attached hydrogens (tertiary/aromatic N) is 3. The average molecular weight is 422 g/mol. The Morgan fingerprint density at radius 2 is 1.90 bits per heavy atom. The van der Waals surface area contributed by atoms with Crippen LogP contribution < -0.4 is 5.32 Å². The summed E-state index contributed by atoms with van der Waals surface area (Å²) < 4.78 is 45.3. The number of halogens is 3. The lowest BCUT2D eigenvalue weighted by molar-refractivity contribution is -0.137. The van der Waals surface area contributed by atoms with E-state index in [1.165, 1.54) is 16.8 Å². The number of nitrogens with one attached hydrogen (secondary N) is 1. The van der Waals surface area contributed by atoms with E-state index in [0.717, 1.165) is 30.7 Å². The highest BCUT2D eigenvalue weighted by molar-refractivity contribution is 5.93. The van der Waals surface area contributed by atoms with Crippen molar-refractivity contribution in [1.29, 1.82) is 0 Å². The van der Waals surface area contributed by atoms with Gasteiger partial charge >= 0.3 is 6.18 Å². The molecule has 1 aromatic carbocycles. The topological polar surface area (TPSA) is 76.5 Å². The minimum absolute atomic E-state index is 0.0552. The molecule has 0 bridgehead atoms. The smallest absolute Gasteiger partial charge is 0.378 e. The average Bonchev–Trinajstić information content (AvgIpc) is 3.48. The van der Waals surface area contributed by atoms with Crippen LogP contribution in [0.1, 0.15) is 40.5 Å². The van der Waals surface area contributed by atoms with E-state index in [-0.39, 0.29) is 29.8 Å². The zero-order valence-electron chi connectivity index (χ0n) is 16.1. The van der Waals surface area contributed by atoms with Crippen LogP contribution in [0.4, 0.5) is 18.9 Å². The Kier molecular flexibility index (Phi) is 5.50. The number of carbonyl (C=O) groups is 2. The van der Waals surface area contributed by atoms with Gasteiger partial charge in [-0.1, -0.05) is 6.07 Å². The second-order valence-corrected chi connectivity index (χ2v) is 7.42. The maximum atomic E-state index is 12.9. The van der Waals surface area contributed by atoms with Crippen molar-refractivity contribution in [2.75, 3.05) is 31.6 Å². The first-order valence-electron chi connectivity index (χ1n) is 9.73. The lowest BCUT2D eigenvalue weighted by Crippen LogP contribution is -2.40. The zero-order chi connectivity index (χ0) is 21.3. The molecule has 1 aromatic heterocycles. The van der Waals surface area contributed by atoms with E-state index in [4.69, 9.17) is 4.74 Å². The summed E-state index contributed by atoms with van der Waals surface area (Å²) in [6.07, 6.45) is -2.59. The third kappa shape index (κ3) is 4.64. The van der Waals surface area contributed by atoms with Crippen LogP contribution in [0.3, 0.4) is 0 Å². The number of rotatable bonds is 5. The fourth-order valence-corrected chi connectivity index (χ4v) is 3.41. The number of carbonyl (C=O) groups excluding carboxylic acids is 2. The van der Waals surface area contributed by atoms with E-state index in [0.29, 0.717) is 26.3 Å². The van der Waals surface area contributed by atoms with Gasteiger partial charge in [0.15, 0.2) is 5.69 Å². The van der Waals surface area contributed by atoms with Crippen molar-refractivity contribution >= 4 is 17.5 Å². The molecule has 2 heterocycles. The number of ether oxygens (including phenoxy) is 1. The maximum absolute atomic E-state index is 12.9. The fraction of sp³-hybridized carbons (Fsp3) is 0.450. The molecule has 0 atom stereocenters. The van der Waals surface area contributed by atoms with Crippen LogP contribution in [-0.4, -0.2) is 52.8 Å². The van der Waals surface area contributed by atoms with Crippen LogP contribution in [0.5, 0.6) is 0 Å². The molecule has 1 aliphatic heterocycles. The van der Waals surface area contributed by atoms with Crippen LogP contribution in [0, 0.1) is 0 Å². The largest absolute Gasteiger partial charge is 0.416 e. The molecule has 1 aliphatic carbocycles. The zero-order valence-corrected chi connectivity index (χ0v) is 16.1. The second kappa shape index (κ2) is 8.10. The Bertz CT molecular complexity index is 947. The molecule has 30 heavy (non-hydrogen) atoms. The van der Waals surface area contributed by atoms with Gasteiger partial charge in [0.05, 0.1) is 18.8 Å². The van der Waals surface area contributed by atoms with Crippen LogP contribution in [-0.2, 0) is 22.3 Å². The van der Waals surface area contributed by atoms with Gasteiger partial charge in [-0.3, -0.25) is 14.3 Å². The first-order chi connectivity index (χ1) is 14.3. The van der Waals surface area contributed by atoms with Gasteiger partial charge in [0.25, 0.3) is 5.91 Å². The fourth-order valence-electron chi connectivity index (χ4n) is 3.41. The molecule has 7 nitrogen and oxygen atoms in total. The van der Waals surface area contributed by atoms with E-state index in [9.17, 15) is 22.8 Å². The number of hydrogen-bond acceptors (Lipinski definition) is 4. The second-order valence-electron chi connectivity index (χ2n) is 7.42. The molecule has 160 valence electrons. The number of aromatic nitrogens is 2. The van der Waals surface area contributed by atoms with E-state index in [1.54, 1.807) is 11.0 Å². The van der Waals surface area contributed by atoms with E-state index in [2.05, 4.69) is 10.4 Å². The number of benzene rings is 1. The van der Waals surface area contributed by atoms with Crippen molar-refractivity contribution in [2.45, 2.75) is 31.5 Å². The SMILES string of the molecule is O=C(Cn1nc(C(=O)N2CCOCC2)cc1C1CC1)Nc1cccc(C(F)(F)F)c1. The summed E-state index contributed by atoms with van der Waals surface area (Å²) in [4.78, 5) is 26.8. The molecule has 0 radical (unpaired) electrons. The Hall–Kier alpha value is -2.88. The summed E-state index contributed by atoms with van der Waals surface area (Å²) in [5.41, 5.74) is 0.285. The molecular weight excluding hydrogens is 401 g/mol. The molecule has 0 spiro atoms. The molecule has 1 saturated heterocycles. The Labute approximate surface area is 170 Å². The van der Waals surface area contributed by atoms with Gasteiger partial charge in [-0.15, -0.1) is 0 Å². The number of hydrogen-bond donors (Lipinski definition) is 1.